The molecule has 5 heteroatoms. The van der Waals surface area contributed by atoms with Gasteiger partial charge in [0.1, 0.15) is 5.69 Å². The van der Waals surface area contributed by atoms with E-state index in [9.17, 15) is 4.79 Å². The molecule has 1 atom stereocenters. The number of nitrogens with zero attached hydrogens (tertiary/aromatic N) is 2. The fourth-order valence-corrected chi connectivity index (χ4v) is 2.96. The van der Waals surface area contributed by atoms with E-state index >= 15 is 0 Å². The molecule has 0 saturated heterocycles. The molecule has 1 aromatic carbocycles. The van der Waals surface area contributed by atoms with Gasteiger partial charge < -0.3 is 14.8 Å². The normalized spacial score (nSPS) is 18.2. The van der Waals surface area contributed by atoms with Crippen molar-refractivity contribution < 1.29 is 4.79 Å². The van der Waals surface area contributed by atoms with Gasteiger partial charge in [0.05, 0.1) is 5.02 Å². The zero-order valence-corrected chi connectivity index (χ0v) is 12.9. The first-order chi connectivity index (χ1) is 10.1. The van der Waals surface area contributed by atoms with Crippen LogP contribution in [-0.4, -0.2) is 23.1 Å². The van der Waals surface area contributed by atoms with E-state index in [1.165, 1.54) is 0 Å². The first kappa shape index (κ1) is 14.2. The Hall–Kier alpha value is -1.78. The van der Waals surface area contributed by atoms with Crippen molar-refractivity contribution in [1.29, 1.82) is 0 Å². The maximum absolute atomic E-state index is 12.9. The molecule has 0 aliphatic carbocycles. The molecule has 0 saturated carbocycles. The van der Waals surface area contributed by atoms with Gasteiger partial charge in [-0.15, -0.1) is 0 Å². The number of aryl methyl sites for hydroxylation is 1. The van der Waals surface area contributed by atoms with Crippen LogP contribution in [0.2, 0.25) is 5.02 Å². The average molecular weight is 304 g/mol. The Balaban J connectivity index is 2.03. The zero-order valence-electron chi connectivity index (χ0n) is 12.1. The third kappa shape index (κ3) is 2.69. The van der Waals surface area contributed by atoms with Crippen molar-refractivity contribution in [3.63, 3.8) is 0 Å². The molecule has 1 N–H and O–H groups in total. The van der Waals surface area contributed by atoms with Crippen LogP contribution in [0.4, 0.5) is 5.69 Å². The van der Waals surface area contributed by atoms with E-state index in [1.807, 2.05) is 30.1 Å². The average Bonchev–Trinajstić information content (AvgIpc) is 2.71. The Morgan fingerprint density at radius 3 is 2.86 bits per heavy atom. The molecule has 1 aliphatic rings. The van der Waals surface area contributed by atoms with E-state index in [4.69, 9.17) is 11.6 Å². The number of para-hydroxylation sites is 1. The minimum Gasteiger partial charge on any atom is -0.345 e. The first-order valence-electron chi connectivity index (χ1n) is 7.01. The topological polar surface area (TPSA) is 37.3 Å². The number of aromatic nitrogens is 1. The number of anilines is 1. The van der Waals surface area contributed by atoms with Gasteiger partial charge in [0, 0.05) is 38.1 Å². The van der Waals surface area contributed by atoms with Crippen molar-refractivity contribution in [2.45, 2.75) is 19.5 Å². The van der Waals surface area contributed by atoms with E-state index in [0.717, 1.165) is 17.8 Å². The van der Waals surface area contributed by atoms with E-state index in [-0.39, 0.29) is 11.9 Å². The summed E-state index contributed by atoms with van der Waals surface area (Å²) in [4.78, 5) is 14.8. The molecule has 1 aromatic heterocycles. The van der Waals surface area contributed by atoms with Gasteiger partial charge in [0.2, 0.25) is 0 Å². The third-order valence-electron chi connectivity index (χ3n) is 3.82. The number of amides is 1. The van der Waals surface area contributed by atoms with Gasteiger partial charge in [0.15, 0.2) is 0 Å². The molecule has 2 aromatic rings. The maximum atomic E-state index is 12.9. The van der Waals surface area contributed by atoms with Crippen molar-refractivity contribution in [2.75, 3.05) is 11.4 Å². The Morgan fingerprint density at radius 1 is 1.38 bits per heavy atom. The lowest BCUT2D eigenvalue weighted by molar-refractivity contribution is 0.0977. The molecule has 0 radical (unpaired) electrons. The second-order valence-electron chi connectivity index (χ2n) is 5.48. The number of fused-ring (bicyclic) bond motifs is 1. The second-order valence-corrected chi connectivity index (χ2v) is 5.92. The number of nitrogens with one attached hydrogen (secondary N) is 1. The van der Waals surface area contributed by atoms with E-state index < -0.39 is 0 Å². The van der Waals surface area contributed by atoms with Crippen LogP contribution in [0, 0.1) is 0 Å². The number of hydrogen-bond acceptors (Lipinski definition) is 2. The highest BCUT2D eigenvalue weighted by molar-refractivity contribution is 6.31. The summed E-state index contributed by atoms with van der Waals surface area (Å²) in [5, 5.41) is 4.01. The minimum absolute atomic E-state index is 0.0209. The molecular formula is C16H18ClN3O. The molecule has 1 aliphatic heterocycles. The van der Waals surface area contributed by atoms with Crippen LogP contribution >= 0.6 is 11.6 Å². The van der Waals surface area contributed by atoms with Gasteiger partial charge in [-0.25, -0.2) is 0 Å². The summed E-state index contributed by atoms with van der Waals surface area (Å²) in [6, 6.07) is 9.97. The van der Waals surface area contributed by atoms with Crippen LogP contribution < -0.4 is 10.2 Å². The van der Waals surface area contributed by atoms with E-state index in [0.29, 0.717) is 17.3 Å². The number of benzene rings is 1. The molecule has 21 heavy (non-hydrogen) atoms. The molecular weight excluding hydrogens is 286 g/mol. The second kappa shape index (κ2) is 5.54. The first-order valence-corrected chi connectivity index (χ1v) is 7.39. The Labute approximate surface area is 129 Å². The van der Waals surface area contributed by atoms with Gasteiger partial charge in [-0.3, -0.25) is 4.79 Å². The molecule has 1 unspecified atom stereocenters. The number of hydrogen-bond donors (Lipinski definition) is 1. The SMILES string of the molecule is CC1CN(C(=O)c2cc(Cl)cn2C)c2ccccc2CN1. The lowest BCUT2D eigenvalue weighted by Gasteiger charge is -2.24. The van der Waals surface area contributed by atoms with Crippen LogP contribution in [0.15, 0.2) is 36.5 Å². The van der Waals surface area contributed by atoms with Crippen LogP contribution in [0.1, 0.15) is 23.0 Å². The number of carbonyl (C=O) groups is 1. The highest BCUT2D eigenvalue weighted by Crippen LogP contribution is 2.26. The Kier molecular flexibility index (Phi) is 3.74. The van der Waals surface area contributed by atoms with Crippen molar-refractivity contribution in [3.05, 3.63) is 52.8 Å². The zero-order chi connectivity index (χ0) is 15.0. The summed E-state index contributed by atoms with van der Waals surface area (Å²) >= 11 is 6.01. The van der Waals surface area contributed by atoms with Crippen LogP contribution in [0.5, 0.6) is 0 Å². The summed E-state index contributed by atoms with van der Waals surface area (Å²) in [6.07, 6.45) is 1.75. The van der Waals surface area contributed by atoms with Crippen molar-refractivity contribution >= 4 is 23.2 Å². The summed E-state index contributed by atoms with van der Waals surface area (Å²) in [7, 11) is 1.84. The standard InChI is InChI=1S/C16H18ClN3O/c1-11-9-20(14-6-4-3-5-12(14)8-18-11)16(21)15-7-13(17)10-19(15)2/h3-7,10-11,18H,8-9H2,1-2H3. The summed E-state index contributed by atoms with van der Waals surface area (Å²) in [6.45, 7) is 3.50. The molecule has 3 rings (SSSR count). The minimum atomic E-state index is -0.0209. The lowest BCUT2D eigenvalue weighted by Crippen LogP contribution is -2.40. The van der Waals surface area contributed by atoms with Crippen LogP contribution in [0.3, 0.4) is 0 Å². The predicted molar refractivity (Wildman–Crippen MR) is 84.8 cm³/mol. The molecule has 110 valence electrons. The van der Waals surface area contributed by atoms with Crippen molar-refractivity contribution in [3.8, 4) is 0 Å². The quantitative estimate of drug-likeness (QED) is 0.879. The van der Waals surface area contributed by atoms with Gasteiger partial charge in [-0.2, -0.15) is 0 Å². The monoisotopic (exact) mass is 303 g/mol. The summed E-state index contributed by atoms with van der Waals surface area (Å²) in [5.41, 5.74) is 2.70. The smallest absolute Gasteiger partial charge is 0.274 e. The lowest BCUT2D eigenvalue weighted by atomic mass is 10.1. The van der Waals surface area contributed by atoms with Gasteiger partial charge in [-0.05, 0) is 24.6 Å². The van der Waals surface area contributed by atoms with E-state index in [1.54, 1.807) is 16.8 Å². The molecule has 0 bridgehead atoms. The van der Waals surface area contributed by atoms with Crippen LogP contribution in [-0.2, 0) is 13.6 Å². The Morgan fingerprint density at radius 2 is 2.14 bits per heavy atom. The largest absolute Gasteiger partial charge is 0.345 e. The molecule has 4 nitrogen and oxygen atoms in total. The predicted octanol–water partition coefficient (Wildman–Crippen LogP) is 2.82. The molecule has 0 spiro atoms. The van der Waals surface area contributed by atoms with Crippen molar-refractivity contribution in [2.24, 2.45) is 7.05 Å². The number of halogens is 1. The highest BCUT2D eigenvalue weighted by atomic mass is 35.5. The summed E-state index contributed by atoms with van der Waals surface area (Å²) in [5.74, 6) is -0.0209. The van der Waals surface area contributed by atoms with Gasteiger partial charge >= 0.3 is 0 Å². The maximum Gasteiger partial charge on any atom is 0.274 e. The highest BCUT2D eigenvalue weighted by Gasteiger charge is 2.26. The molecule has 1 amide bonds. The fourth-order valence-electron chi connectivity index (χ4n) is 2.71. The Bertz CT molecular complexity index is 680. The van der Waals surface area contributed by atoms with Crippen molar-refractivity contribution in [1.82, 2.24) is 9.88 Å². The van der Waals surface area contributed by atoms with Gasteiger partial charge in [-0.1, -0.05) is 29.8 Å². The van der Waals surface area contributed by atoms with Crippen LogP contribution in [0.25, 0.3) is 0 Å². The molecule has 0 fully saturated rings. The number of rotatable bonds is 1. The fraction of sp³-hybridized carbons (Fsp3) is 0.312. The summed E-state index contributed by atoms with van der Waals surface area (Å²) < 4.78 is 1.77. The number of carbonyl (C=O) groups excluding carboxylic acids is 1. The van der Waals surface area contributed by atoms with Gasteiger partial charge in [0.25, 0.3) is 5.91 Å². The third-order valence-corrected chi connectivity index (χ3v) is 4.02. The molecule has 2 heterocycles. The van der Waals surface area contributed by atoms with E-state index in [2.05, 4.69) is 18.3 Å².